The number of halogens is 1. The minimum atomic E-state index is 1.06. The van der Waals surface area contributed by atoms with E-state index >= 15 is 0 Å². The monoisotopic (exact) mass is 271 g/mol. The average molecular weight is 271 g/mol. The van der Waals surface area contributed by atoms with Gasteiger partial charge in [-0.15, -0.1) is 0 Å². The van der Waals surface area contributed by atoms with Crippen molar-refractivity contribution in [2.75, 3.05) is 4.93 Å². The lowest BCUT2D eigenvalue weighted by atomic mass is 10.2. The fourth-order valence-corrected chi connectivity index (χ4v) is 1.02. The maximum atomic E-state index is 4.18. The molecule has 1 aromatic carbocycles. The van der Waals surface area contributed by atoms with Crippen LogP contribution in [0.2, 0.25) is 0 Å². The topological polar surface area (TPSA) is 12.9 Å². The minimum Gasteiger partial charge on any atom is -0.256 e. The summed E-state index contributed by atoms with van der Waals surface area (Å²) in [5, 5.41) is 1.20. The van der Waals surface area contributed by atoms with Crippen LogP contribution in [0, 0.1) is 0 Å². The predicted molar refractivity (Wildman–Crippen MR) is 61.7 cm³/mol. The molecular formula is C10H10IN. The molecule has 0 saturated heterocycles. The first-order valence-electron chi connectivity index (χ1n) is 3.64. The molecule has 0 atom stereocenters. The SMILES string of the molecule is CI.c1ccc2ncccc2c1. The zero-order valence-electron chi connectivity index (χ0n) is 6.87. The van der Waals surface area contributed by atoms with E-state index in [2.05, 4.69) is 39.7 Å². The van der Waals surface area contributed by atoms with Gasteiger partial charge in [-0.1, -0.05) is 46.9 Å². The highest BCUT2D eigenvalue weighted by Crippen LogP contribution is 2.07. The van der Waals surface area contributed by atoms with Crippen LogP contribution >= 0.6 is 22.6 Å². The van der Waals surface area contributed by atoms with Crippen LogP contribution in [0.4, 0.5) is 0 Å². The smallest absolute Gasteiger partial charge is 0.0701 e. The molecule has 1 nitrogen and oxygen atoms in total. The van der Waals surface area contributed by atoms with Crippen molar-refractivity contribution in [2.45, 2.75) is 0 Å². The summed E-state index contributed by atoms with van der Waals surface area (Å²) < 4.78 is 0. The van der Waals surface area contributed by atoms with E-state index in [1.807, 2.05) is 35.4 Å². The van der Waals surface area contributed by atoms with E-state index in [4.69, 9.17) is 0 Å². The average Bonchev–Trinajstić information content (AvgIpc) is 2.21. The molecule has 0 aliphatic heterocycles. The third kappa shape index (κ3) is 2.17. The maximum absolute atomic E-state index is 4.18. The fourth-order valence-electron chi connectivity index (χ4n) is 1.02. The molecule has 2 rings (SSSR count). The molecule has 2 heteroatoms. The summed E-state index contributed by atoms with van der Waals surface area (Å²) in [5.74, 6) is 0. The number of aromatic nitrogens is 1. The number of pyridine rings is 1. The van der Waals surface area contributed by atoms with E-state index in [-0.39, 0.29) is 0 Å². The maximum Gasteiger partial charge on any atom is 0.0701 e. The molecule has 0 spiro atoms. The van der Waals surface area contributed by atoms with Gasteiger partial charge in [0.05, 0.1) is 5.52 Å². The Balaban J connectivity index is 0.000000336. The predicted octanol–water partition coefficient (Wildman–Crippen LogP) is 3.29. The van der Waals surface area contributed by atoms with Crippen molar-refractivity contribution in [3.63, 3.8) is 0 Å². The molecule has 0 unspecified atom stereocenters. The molecule has 0 fully saturated rings. The molecule has 2 aromatic rings. The van der Waals surface area contributed by atoms with Gasteiger partial charge in [0.25, 0.3) is 0 Å². The molecule has 12 heavy (non-hydrogen) atoms. The molecule has 0 aliphatic carbocycles. The van der Waals surface area contributed by atoms with Crippen LogP contribution in [0.5, 0.6) is 0 Å². The van der Waals surface area contributed by atoms with Crippen molar-refractivity contribution in [1.29, 1.82) is 0 Å². The summed E-state index contributed by atoms with van der Waals surface area (Å²) in [6.07, 6.45) is 1.81. The highest BCUT2D eigenvalue weighted by Gasteiger charge is 1.86. The molecule has 0 N–H and O–H groups in total. The van der Waals surface area contributed by atoms with Crippen molar-refractivity contribution in [1.82, 2.24) is 4.98 Å². The molecule has 1 aromatic heterocycles. The van der Waals surface area contributed by atoms with E-state index in [1.54, 1.807) is 0 Å². The van der Waals surface area contributed by atoms with Crippen LogP contribution in [-0.2, 0) is 0 Å². The number of alkyl halides is 1. The van der Waals surface area contributed by atoms with Gasteiger partial charge >= 0.3 is 0 Å². The van der Waals surface area contributed by atoms with Crippen LogP contribution < -0.4 is 0 Å². The lowest BCUT2D eigenvalue weighted by molar-refractivity contribution is 1.41. The van der Waals surface area contributed by atoms with Crippen molar-refractivity contribution >= 4 is 33.5 Å². The Hall–Kier alpha value is -0.640. The fraction of sp³-hybridized carbons (Fsp3) is 0.100. The number of benzene rings is 1. The van der Waals surface area contributed by atoms with Crippen LogP contribution in [0.15, 0.2) is 42.6 Å². The number of para-hydroxylation sites is 1. The Labute approximate surface area is 86.0 Å². The first-order chi connectivity index (χ1) is 5.97. The molecule has 0 amide bonds. The Morgan fingerprint density at radius 3 is 2.42 bits per heavy atom. The number of nitrogens with zero attached hydrogens (tertiary/aromatic N) is 1. The van der Waals surface area contributed by atoms with Gasteiger partial charge in [0.1, 0.15) is 0 Å². The Morgan fingerprint density at radius 2 is 1.67 bits per heavy atom. The molecule has 1 heterocycles. The molecule has 0 bridgehead atoms. The Morgan fingerprint density at radius 1 is 1.00 bits per heavy atom. The van der Waals surface area contributed by atoms with Crippen molar-refractivity contribution < 1.29 is 0 Å². The van der Waals surface area contributed by atoms with Crippen LogP contribution in [0.1, 0.15) is 0 Å². The van der Waals surface area contributed by atoms with Gasteiger partial charge < -0.3 is 0 Å². The standard InChI is InChI=1S/C9H7N.CH3I/c1-2-6-9-8(4-1)5-3-7-10-9;1-2/h1-7H;1H3. The molecular weight excluding hydrogens is 261 g/mol. The summed E-state index contributed by atoms with van der Waals surface area (Å²) in [6.45, 7) is 0. The molecule has 0 radical (unpaired) electrons. The van der Waals surface area contributed by atoms with Crippen LogP contribution in [-0.4, -0.2) is 9.91 Å². The van der Waals surface area contributed by atoms with Crippen molar-refractivity contribution in [3.05, 3.63) is 42.6 Å². The van der Waals surface area contributed by atoms with Gasteiger partial charge in [-0.2, -0.15) is 0 Å². The van der Waals surface area contributed by atoms with Crippen molar-refractivity contribution in [2.24, 2.45) is 0 Å². The van der Waals surface area contributed by atoms with Crippen LogP contribution in [0.25, 0.3) is 10.9 Å². The highest BCUT2D eigenvalue weighted by atomic mass is 127. The largest absolute Gasteiger partial charge is 0.256 e. The number of hydrogen-bond donors (Lipinski definition) is 0. The van der Waals surface area contributed by atoms with Gasteiger partial charge in [-0.3, -0.25) is 4.98 Å². The van der Waals surface area contributed by atoms with E-state index in [0.29, 0.717) is 0 Å². The highest BCUT2D eigenvalue weighted by molar-refractivity contribution is 14.1. The zero-order valence-corrected chi connectivity index (χ0v) is 9.02. The van der Waals surface area contributed by atoms with Gasteiger partial charge in [-0.05, 0) is 17.1 Å². The van der Waals surface area contributed by atoms with E-state index in [0.717, 1.165) is 5.52 Å². The minimum absolute atomic E-state index is 1.06. The van der Waals surface area contributed by atoms with E-state index in [9.17, 15) is 0 Å². The summed E-state index contributed by atoms with van der Waals surface area (Å²) >= 11 is 2.15. The third-order valence-corrected chi connectivity index (χ3v) is 1.51. The lowest BCUT2D eigenvalue weighted by Gasteiger charge is -1.91. The van der Waals surface area contributed by atoms with Gasteiger partial charge in [0, 0.05) is 11.6 Å². The quantitative estimate of drug-likeness (QED) is 0.529. The summed E-state index contributed by atoms with van der Waals surface area (Å²) in [5.41, 5.74) is 1.06. The number of hydrogen-bond acceptors (Lipinski definition) is 1. The van der Waals surface area contributed by atoms with Gasteiger partial charge in [0.15, 0.2) is 0 Å². The third-order valence-electron chi connectivity index (χ3n) is 1.51. The first-order valence-corrected chi connectivity index (χ1v) is 5.80. The zero-order chi connectivity index (χ0) is 8.81. The van der Waals surface area contributed by atoms with Gasteiger partial charge in [0.2, 0.25) is 0 Å². The Bertz CT molecular complexity index is 281. The van der Waals surface area contributed by atoms with E-state index < -0.39 is 0 Å². The Kier molecular flexibility index (Phi) is 4.00. The normalized spacial score (nSPS) is 8.83. The first kappa shape index (κ1) is 9.45. The van der Waals surface area contributed by atoms with Crippen molar-refractivity contribution in [3.8, 4) is 0 Å². The number of fused-ring (bicyclic) bond motifs is 1. The molecule has 62 valence electrons. The lowest BCUT2D eigenvalue weighted by Crippen LogP contribution is -1.73. The second-order valence-corrected chi connectivity index (χ2v) is 2.20. The molecule has 0 aliphatic rings. The summed E-state index contributed by atoms with van der Waals surface area (Å²) in [4.78, 5) is 6.15. The molecule has 0 saturated carbocycles. The van der Waals surface area contributed by atoms with Gasteiger partial charge in [-0.25, -0.2) is 0 Å². The van der Waals surface area contributed by atoms with Crippen LogP contribution in [0.3, 0.4) is 0 Å². The summed E-state index contributed by atoms with van der Waals surface area (Å²) in [6, 6.07) is 12.1. The summed E-state index contributed by atoms with van der Waals surface area (Å²) in [7, 11) is 0. The second-order valence-electron chi connectivity index (χ2n) is 2.20. The number of rotatable bonds is 0. The van der Waals surface area contributed by atoms with E-state index in [1.165, 1.54) is 5.39 Å². The second kappa shape index (κ2) is 5.09.